The average molecular weight is 228 g/mol. The second-order valence-corrected chi connectivity index (χ2v) is 4.00. The van der Waals surface area contributed by atoms with Gasteiger partial charge in [0.05, 0.1) is 12.7 Å². The normalized spacial score (nSPS) is 10.1. The first-order chi connectivity index (χ1) is 7.19. The molecule has 0 saturated heterocycles. The van der Waals surface area contributed by atoms with Gasteiger partial charge in [-0.15, -0.1) is 0 Å². The van der Waals surface area contributed by atoms with Crippen LogP contribution in [0.5, 0.6) is 5.75 Å². The first kappa shape index (κ1) is 12.0. The lowest BCUT2D eigenvalue weighted by molar-refractivity contribution is 0.0986. The SMILES string of the molecule is COc1ccc(F)cc1C(=O)CCSC. The van der Waals surface area contributed by atoms with E-state index in [1.165, 1.54) is 25.3 Å². The Morgan fingerprint density at radius 3 is 2.87 bits per heavy atom. The van der Waals surface area contributed by atoms with E-state index in [1.54, 1.807) is 11.8 Å². The van der Waals surface area contributed by atoms with Gasteiger partial charge in [0.25, 0.3) is 0 Å². The monoisotopic (exact) mass is 228 g/mol. The first-order valence-electron chi connectivity index (χ1n) is 4.54. The molecule has 0 fully saturated rings. The summed E-state index contributed by atoms with van der Waals surface area (Å²) in [7, 11) is 1.47. The maximum absolute atomic E-state index is 13.0. The van der Waals surface area contributed by atoms with E-state index in [0.717, 1.165) is 5.75 Å². The Balaban J connectivity index is 2.90. The van der Waals surface area contributed by atoms with E-state index in [4.69, 9.17) is 4.74 Å². The summed E-state index contributed by atoms with van der Waals surface area (Å²) >= 11 is 1.59. The van der Waals surface area contributed by atoms with Crippen molar-refractivity contribution < 1.29 is 13.9 Å². The largest absolute Gasteiger partial charge is 0.496 e. The summed E-state index contributed by atoms with van der Waals surface area (Å²) in [5.41, 5.74) is 0.326. The molecule has 1 aromatic rings. The van der Waals surface area contributed by atoms with Gasteiger partial charge in [-0.05, 0) is 24.5 Å². The van der Waals surface area contributed by atoms with E-state index >= 15 is 0 Å². The quantitative estimate of drug-likeness (QED) is 0.725. The minimum atomic E-state index is -0.414. The second-order valence-electron chi connectivity index (χ2n) is 3.01. The number of halogens is 1. The lowest BCUT2D eigenvalue weighted by Crippen LogP contribution is -2.04. The zero-order valence-corrected chi connectivity index (χ0v) is 9.57. The standard InChI is InChI=1S/C11H13FO2S/c1-14-11-4-3-8(12)7-9(11)10(13)5-6-15-2/h3-4,7H,5-6H2,1-2H3. The van der Waals surface area contributed by atoms with Gasteiger partial charge in [0.2, 0.25) is 0 Å². The highest BCUT2D eigenvalue weighted by Gasteiger charge is 2.12. The molecule has 0 N–H and O–H groups in total. The van der Waals surface area contributed by atoms with Crippen LogP contribution in [-0.4, -0.2) is 24.9 Å². The molecule has 0 bridgehead atoms. The van der Waals surface area contributed by atoms with Crippen molar-refractivity contribution in [3.8, 4) is 5.75 Å². The lowest BCUT2D eigenvalue weighted by Gasteiger charge is -2.06. The molecular weight excluding hydrogens is 215 g/mol. The maximum atomic E-state index is 13.0. The van der Waals surface area contributed by atoms with E-state index in [-0.39, 0.29) is 5.78 Å². The zero-order valence-electron chi connectivity index (χ0n) is 8.75. The van der Waals surface area contributed by atoms with Crippen molar-refractivity contribution in [1.82, 2.24) is 0 Å². The van der Waals surface area contributed by atoms with Crippen molar-refractivity contribution in [1.29, 1.82) is 0 Å². The number of thioether (sulfide) groups is 1. The number of carbonyl (C=O) groups excluding carboxylic acids is 1. The predicted molar refractivity (Wildman–Crippen MR) is 60.3 cm³/mol. The second kappa shape index (κ2) is 5.75. The zero-order chi connectivity index (χ0) is 11.3. The van der Waals surface area contributed by atoms with Crippen LogP contribution in [0.4, 0.5) is 4.39 Å². The van der Waals surface area contributed by atoms with Crippen LogP contribution in [0.3, 0.4) is 0 Å². The van der Waals surface area contributed by atoms with Crippen LogP contribution in [0.2, 0.25) is 0 Å². The highest BCUT2D eigenvalue weighted by Crippen LogP contribution is 2.21. The fourth-order valence-corrected chi connectivity index (χ4v) is 1.62. The lowest BCUT2D eigenvalue weighted by atomic mass is 10.1. The number of ketones is 1. The minimum absolute atomic E-state index is 0.0827. The third-order valence-electron chi connectivity index (χ3n) is 2.00. The molecule has 15 heavy (non-hydrogen) atoms. The summed E-state index contributed by atoms with van der Waals surface area (Å²) in [6.45, 7) is 0. The van der Waals surface area contributed by atoms with E-state index in [1.807, 2.05) is 6.26 Å². The Kier molecular flexibility index (Phi) is 4.62. The minimum Gasteiger partial charge on any atom is -0.496 e. The van der Waals surface area contributed by atoms with Crippen molar-refractivity contribution in [2.45, 2.75) is 6.42 Å². The van der Waals surface area contributed by atoms with Crippen molar-refractivity contribution >= 4 is 17.5 Å². The number of hydrogen-bond donors (Lipinski definition) is 0. The molecule has 0 aliphatic rings. The van der Waals surface area contributed by atoms with Gasteiger partial charge in [0.15, 0.2) is 5.78 Å². The Labute approximate surface area is 92.8 Å². The molecule has 0 heterocycles. The number of Topliss-reactive ketones (excluding diaryl/α,β-unsaturated/α-hetero) is 1. The van der Waals surface area contributed by atoms with Gasteiger partial charge in [-0.1, -0.05) is 0 Å². The van der Waals surface area contributed by atoms with Crippen molar-refractivity contribution in [2.24, 2.45) is 0 Å². The number of ether oxygens (including phenoxy) is 1. The van der Waals surface area contributed by atoms with E-state index < -0.39 is 5.82 Å². The number of hydrogen-bond acceptors (Lipinski definition) is 3. The van der Waals surface area contributed by atoms with Crippen LogP contribution in [0.25, 0.3) is 0 Å². The van der Waals surface area contributed by atoms with Crippen LogP contribution in [-0.2, 0) is 0 Å². The van der Waals surface area contributed by atoms with Gasteiger partial charge in [-0.2, -0.15) is 11.8 Å². The first-order valence-corrected chi connectivity index (χ1v) is 5.94. The Morgan fingerprint density at radius 1 is 1.53 bits per heavy atom. The van der Waals surface area contributed by atoms with Gasteiger partial charge in [0, 0.05) is 12.2 Å². The molecule has 0 unspecified atom stereocenters. The predicted octanol–water partition coefficient (Wildman–Crippen LogP) is 2.77. The Hall–Kier alpha value is -1.03. The molecular formula is C11H13FO2S. The smallest absolute Gasteiger partial charge is 0.167 e. The van der Waals surface area contributed by atoms with Crippen molar-refractivity contribution in [2.75, 3.05) is 19.1 Å². The fraction of sp³-hybridized carbons (Fsp3) is 0.364. The van der Waals surface area contributed by atoms with Crippen LogP contribution in [0, 0.1) is 5.82 Å². The van der Waals surface area contributed by atoms with Gasteiger partial charge >= 0.3 is 0 Å². The van der Waals surface area contributed by atoms with Crippen LogP contribution >= 0.6 is 11.8 Å². The fourth-order valence-electron chi connectivity index (χ4n) is 1.23. The molecule has 0 spiro atoms. The van der Waals surface area contributed by atoms with Crippen LogP contribution in [0.15, 0.2) is 18.2 Å². The van der Waals surface area contributed by atoms with E-state index in [2.05, 4.69) is 0 Å². The number of benzene rings is 1. The molecule has 0 amide bonds. The molecule has 0 saturated carbocycles. The summed E-state index contributed by atoms with van der Waals surface area (Å²) in [6.07, 6.45) is 2.33. The molecule has 0 aliphatic carbocycles. The summed E-state index contributed by atoms with van der Waals surface area (Å²) in [5, 5.41) is 0. The molecule has 2 nitrogen and oxygen atoms in total. The van der Waals surface area contributed by atoms with Gasteiger partial charge in [-0.3, -0.25) is 4.79 Å². The third kappa shape index (κ3) is 3.23. The summed E-state index contributed by atoms with van der Waals surface area (Å²) in [4.78, 5) is 11.7. The Bertz CT molecular complexity index is 352. The van der Waals surface area contributed by atoms with E-state index in [9.17, 15) is 9.18 Å². The van der Waals surface area contributed by atoms with E-state index in [0.29, 0.717) is 17.7 Å². The molecule has 1 aromatic carbocycles. The molecule has 82 valence electrons. The average Bonchev–Trinajstić information content (AvgIpc) is 2.25. The van der Waals surface area contributed by atoms with Crippen LogP contribution < -0.4 is 4.74 Å². The number of methoxy groups -OCH3 is 1. The van der Waals surface area contributed by atoms with Crippen molar-refractivity contribution in [3.05, 3.63) is 29.6 Å². The topological polar surface area (TPSA) is 26.3 Å². The van der Waals surface area contributed by atoms with Gasteiger partial charge < -0.3 is 4.74 Å². The summed E-state index contributed by atoms with van der Waals surface area (Å²) < 4.78 is 18.0. The molecule has 0 radical (unpaired) electrons. The number of carbonyl (C=O) groups is 1. The molecule has 0 aromatic heterocycles. The van der Waals surface area contributed by atoms with Gasteiger partial charge in [0.1, 0.15) is 11.6 Å². The Morgan fingerprint density at radius 2 is 2.27 bits per heavy atom. The van der Waals surface area contributed by atoms with Crippen LogP contribution in [0.1, 0.15) is 16.8 Å². The summed E-state index contributed by atoms with van der Waals surface area (Å²) in [6, 6.07) is 3.98. The third-order valence-corrected chi connectivity index (χ3v) is 2.61. The molecule has 0 atom stereocenters. The van der Waals surface area contributed by atoms with Gasteiger partial charge in [-0.25, -0.2) is 4.39 Å². The molecule has 4 heteroatoms. The highest BCUT2D eigenvalue weighted by atomic mass is 32.2. The number of rotatable bonds is 5. The maximum Gasteiger partial charge on any atom is 0.167 e. The summed E-state index contributed by atoms with van der Waals surface area (Å²) in [5.74, 6) is 0.671. The molecule has 0 aliphatic heterocycles. The highest BCUT2D eigenvalue weighted by molar-refractivity contribution is 7.98. The van der Waals surface area contributed by atoms with Crippen molar-refractivity contribution in [3.63, 3.8) is 0 Å². The molecule has 1 rings (SSSR count).